The van der Waals surface area contributed by atoms with Crippen molar-refractivity contribution >= 4 is 22.7 Å². The van der Waals surface area contributed by atoms with E-state index in [4.69, 9.17) is 5.53 Å². The molecular formula is C12H6N7NaO2. The Kier molecular flexibility index (Phi) is 4.74. The molecule has 0 bridgehead atoms. The summed E-state index contributed by atoms with van der Waals surface area (Å²) in [6.45, 7) is 0. The van der Waals surface area contributed by atoms with Gasteiger partial charge >= 0.3 is 29.6 Å². The van der Waals surface area contributed by atoms with E-state index >= 15 is 0 Å². The molecule has 0 fully saturated rings. The maximum atomic E-state index is 11.1. The van der Waals surface area contributed by atoms with Crippen molar-refractivity contribution in [3.8, 4) is 5.82 Å². The van der Waals surface area contributed by atoms with Crippen molar-refractivity contribution in [3.63, 3.8) is 0 Å². The molecule has 0 radical (unpaired) electrons. The van der Waals surface area contributed by atoms with Gasteiger partial charge in [0.05, 0.1) is 17.7 Å². The van der Waals surface area contributed by atoms with Crippen molar-refractivity contribution in [1.82, 2.24) is 19.7 Å². The van der Waals surface area contributed by atoms with E-state index in [1.54, 1.807) is 12.1 Å². The van der Waals surface area contributed by atoms with E-state index in [0.29, 0.717) is 10.9 Å². The third-order valence-electron chi connectivity index (χ3n) is 2.83. The summed E-state index contributed by atoms with van der Waals surface area (Å²) in [7, 11) is 0. The molecule has 0 N–H and O–H groups in total. The Hall–Kier alpha value is -2.45. The summed E-state index contributed by atoms with van der Waals surface area (Å²) in [6.07, 6.45) is 4.18. The van der Waals surface area contributed by atoms with Gasteiger partial charge in [0.15, 0.2) is 11.6 Å². The van der Waals surface area contributed by atoms with E-state index < -0.39 is 5.97 Å². The van der Waals surface area contributed by atoms with Crippen LogP contribution in [-0.4, -0.2) is 25.7 Å². The number of carbonyl (C=O) groups excluding carboxylic acids is 1. The molecule has 3 aromatic rings. The topological polar surface area (TPSA) is 132 Å². The zero-order valence-electron chi connectivity index (χ0n) is 11.4. The molecule has 22 heavy (non-hydrogen) atoms. The molecule has 9 nitrogen and oxygen atoms in total. The number of carboxylic acids is 1. The quantitative estimate of drug-likeness (QED) is 0.242. The van der Waals surface area contributed by atoms with E-state index in [2.05, 4.69) is 25.1 Å². The van der Waals surface area contributed by atoms with Gasteiger partial charge in [0, 0.05) is 28.3 Å². The summed E-state index contributed by atoms with van der Waals surface area (Å²) in [5.74, 6) is -1.04. The fourth-order valence-corrected chi connectivity index (χ4v) is 1.98. The summed E-state index contributed by atoms with van der Waals surface area (Å²) in [4.78, 5) is 21.8. The van der Waals surface area contributed by atoms with Crippen LogP contribution in [0, 0.1) is 0 Å². The minimum absolute atomic E-state index is 0. The van der Waals surface area contributed by atoms with Crippen LogP contribution < -0.4 is 34.7 Å². The van der Waals surface area contributed by atoms with Crippen molar-refractivity contribution in [2.24, 2.45) is 5.11 Å². The fourth-order valence-electron chi connectivity index (χ4n) is 1.98. The number of aromatic nitrogens is 4. The molecule has 102 valence electrons. The first-order valence-corrected chi connectivity index (χ1v) is 5.77. The zero-order chi connectivity index (χ0) is 14.8. The van der Waals surface area contributed by atoms with Gasteiger partial charge in [-0.1, -0.05) is 12.1 Å². The third kappa shape index (κ3) is 2.66. The smallest absolute Gasteiger partial charge is 0.545 e. The van der Waals surface area contributed by atoms with E-state index in [0.717, 1.165) is 0 Å². The van der Waals surface area contributed by atoms with E-state index in [1.807, 2.05) is 0 Å². The molecule has 10 heteroatoms. The van der Waals surface area contributed by atoms with Gasteiger partial charge in [-0.3, -0.25) is 0 Å². The predicted molar refractivity (Wildman–Crippen MR) is 69.8 cm³/mol. The molecule has 0 aliphatic carbocycles. The van der Waals surface area contributed by atoms with Crippen LogP contribution in [0.1, 0.15) is 10.4 Å². The van der Waals surface area contributed by atoms with Crippen molar-refractivity contribution in [2.45, 2.75) is 0 Å². The maximum Gasteiger partial charge on any atom is 1.00 e. The Bertz CT molecular complexity index is 901. The van der Waals surface area contributed by atoms with Crippen molar-refractivity contribution < 1.29 is 39.5 Å². The van der Waals surface area contributed by atoms with Gasteiger partial charge in [0.25, 0.3) is 0 Å². The Morgan fingerprint density at radius 1 is 1.32 bits per heavy atom. The molecule has 0 amide bonds. The second kappa shape index (κ2) is 6.54. The molecule has 0 saturated carbocycles. The minimum atomic E-state index is -1.30. The van der Waals surface area contributed by atoms with Gasteiger partial charge in [0.2, 0.25) is 0 Å². The van der Waals surface area contributed by atoms with Crippen LogP contribution in [0.15, 0.2) is 41.9 Å². The van der Waals surface area contributed by atoms with Crippen LogP contribution in [0.5, 0.6) is 0 Å². The first-order chi connectivity index (χ1) is 10.2. The minimum Gasteiger partial charge on any atom is -0.545 e. The number of hydrogen-bond donors (Lipinski definition) is 0. The number of azide groups is 1. The molecule has 0 aliphatic rings. The van der Waals surface area contributed by atoms with Crippen LogP contribution in [0.3, 0.4) is 0 Å². The predicted octanol–water partition coefficient (Wildman–Crippen LogP) is -1.88. The average molecular weight is 303 g/mol. The summed E-state index contributed by atoms with van der Waals surface area (Å²) >= 11 is 0. The monoisotopic (exact) mass is 303 g/mol. The van der Waals surface area contributed by atoms with Crippen molar-refractivity contribution in [3.05, 3.63) is 52.8 Å². The third-order valence-corrected chi connectivity index (χ3v) is 2.83. The van der Waals surface area contributed by atoms with Crippen molar-refractivity contribution in [1.29, 1.82) is 0 Å². The molecule has 0 atom stereocenters. The Balaban J connectivity index is 0.00000176. The number of nitrogens with zero attached hydrogens (tertiary/aromatic N) is 7. The van der Waals surface area contributed by atoms with Crippen LogP contribution in [0.4, 0.5) is 5.82 Å². The number of carboxylic acid groups (broad SMARTS) is 1. The molecule has 3 rings (SSSR count). The Labute approximate surface area is 145 Å². The summed E-state index contributed by atoms with van der Waals surface area (Å²) in [5.41, 5.74) is 9.06. The number of benzene rings is 1. The van der Waals surface area contributed by atoms with Crippen LogP contribution in [-0.2, 0) is 0 Å². The van der Waals surface area contributed by atoms with Crippen LogP contribution >= 0.6 is 0 Å². The standard InChI is InChI=1S/C12H7N7O2.Na/c13-18-17-10-11(15-5-4-14-10)19-9-3-1-2-7(12(20)21)8(9)6-16-19;/h1-6H,(H,20,21);/q;+1/p-1. The molecule has 1 aromatic carbocycles. The van der Waals surface area contributed by atoms with Gasteiger partial charge in [-0.25, -0.2) is 14.6 Å². The number of hydrogen-bond acceptors (Lipinski definition) is 6. The molecule has 2 aromatic heterocycles. The number of carbonyl (C=O) groups is 1. The number of aromatic carboxylic acids is 1. The summed E-state index contributed by atoms with van der Waals surface area (Å²) < 4.78 is 1.36. The van der Waals surface area contributed by atoms with Gasteiger partial charge in [0.1, 0.15) is 0 Å². The Morgan fingerprint density at radius 2 is 2.09 bits per heavy atom. The fraction of sp³-hybridized carbons (Fsp3) is 0. The SMILES string of the molecule is [N-]=[N+]=Nc1nccnc1-n1ncc2c(C(=O)[O-])cccc21.[Na+]. The van der Waals surface area contributed by atoms with E-state index in [1.165, 1.54) is 29.3 Å². The van der Waals surface area contributed by atoms with Crippen LogP contribution in [0.2, 0.25) is 0 Å². The molecule has 0 unspecified atom stereocenters. The molecular weight excluding hydrogens is 297 g/mol. The molecule has 2 heterocycles. The van der Waals surface area contributed by atoms with Crippen molar-refractivity contribution in [2.75, 3.05) is 0 Å². The summed E-state index contributed by atoms with van der Waals surface area (Å²) in [6, 6.07) is 4.66. The number of fused-ring (bicyclic) bond motifs is 1. The second-order valence-electron chi connectivity index (χ2n) is 3.98. The van der Waals surface area contributed by atoms with Gasteiger partial charge in [-0.05, 0) is 16.7 Å². The normalized spacial score (nSPS) is 9.82. The second-order valence-corrected chi connectivity index (χ2v) is 3.98. The largest absolute Gasteiger partial charge is 1.00 e. The Morgan fingerprint density at radius 3 is 2.82 bits per heavy atom. The molecule has 0 saturated heterocycles. The maximum absolute atomic E-state index is 11.1. The first kappa shape index (κ1) is 15.9. The summed E-state index contributed by atoms with van der Waals surface area (Å²) in [5, 5.41) is 19.0. The van der Waals surface area contributed by atoms with Crippen LogP contribution in [0.25, 0.3) is 27.2 Å². The molecule has 0 aliphatic heterocycles. The van der Waals surface area contributed by atoms with Gasteiger partial charge in [-0.2, -0.15) is 5.10 Å². The van der Waals surface area contributed by atoms with E-state index in [-0.39, 0.29) is 46.8 Å². The molecule has 0 spiro atoms. The average Bonchev–Trinajstić information content (AvgIpc) is 2.91. The van der Waals surface area contributed by atoms with E-state index in [9.17, 15) is 9.90 Å². The number of rotatable bonds is 3. The zero-order valence-corrected chi connectivity index (χ0v) is 13.4. The van der Waals surface area contributed by atoms with Gasteiger partial charge in [-0.15, -0.1) is 0 Å². The van der Waals surface area contributed by atoms with Gasteiger partial charge < -0.3 is 9.90 Å². The first-order valence-electron chi connectivity index (χ1n) is 5.77.